The Kier molecular flexibility index (Phi) is 5.28. The molecule has 114 valence electrons. The number of hydrogen-bond acceptors (Lipinski definition) is 5. The van der Waals surface area contributed by atoms with E-state index in [9.17, 15) is 12.8 Å². The standard InChI is InChI=1S/C12H13ClFN3O2S2/c1-15-4-8-2-10(3-11(14)12(8)13)21(18,19)17-6-9-5-16-7-20-9/h2-3,5,7,15,17H,4,6H2,1H3. The van der Waals surface area contributed by atoms with Gasteiger partial charge in [-0.3, -0.25) is 4.98 Å². The Bertz CT molecular complexity index is 720. The summed E-state index contributed by atoms with van der Waals surface area (Å²) in [6.07, 6.45) is 1.57. The highest BCUT2D eigenvalue weighted by Crippen LogP contribution is 2.24. The smallest absolute Gasteiger partial charge is 0.241 e. The highest BCUT2D eigenvalue weighted by Gasteiger charge is 2.18. The van der Waals surface area contributed by atoms with E-state index in [-0.39, 0.29) is 23.0 Å². The molecule has 0 atom stereocenters. The predicted molar refractivity (Wildman–Crippen MR) is 80.3 cm³/mol. The van der Waals surface area contributed by atoms with Gasteiger partial charge in [-0.15, -0.1) is 11.3 Å². The normalized spacial score (nSPS) is 11.8. The summed E-state index contributed by atoms with van der Waals surface area (Å²) < 4.78 is 40.5. The molecule has 0 fully saturated rings. The van der Waals surface area contributed by atoms with Gasteiger partial charge in [0.15, 0.2) is 0 Å². The van der Waals surface area contributed by atoms with Gasteiger partial charge in [0, 0.05) is 24.2 Å². The van der Waals surface area contributed by atoms with Gasteiger partial charge in [-0.2, -0.15) is 0 Å². The van der Waals surface area contributed by atoms with Gasteiger partial charge in [0.05, 0.1) is 15.4 Å². The van der Waals surface area contributed by atoms with Gasteiger partial charge in [-0.05, 0) is 24.7 Å². The fourth-order valence-corrected chi connectivity index (χ4v) is 3.54. The van der Waals surface area contributed by atoms with Crippen LogP contribution in [0.15, 0.2) is 28.7 Å². The molecule has 0 aliphatic rings. The lowest BCUT2D eigenvalue weighted by atomic mass is 10.2. The molecule has 1 aromatic carbocycles. The Morgan fingerprint density at radius 2 is 2.14 bits per heavy atom. The van der Waals surface area contributed by atoms with Gasteiger partial charge in [0.1, 0.15) is 5.82 Å². The summed E-state index contributed by atoms with van der Waals surface area (Å²) >= 11 is 7.15. The Morgan fingerprint density at radius 1 is 1.38 bits per heavy atom. The van der Waals surface area contributed by atoms with Crippen LogP contribution in [0.5, 0.6) is 0 Å². The predicted octanol–water partition coefficient (Wildman–Crippen LogP) is 2.13. The monoisotopic (exact) mass is 349 g/mol. The summed E-state index contributed by atoms with van der Waals surface area (Å²) in [5, 5.41) is 2.73. The van der Waals surface area contributed by atoms with Crippen molar-refractivity contribution < 1.29 is 12.8 Å². The average Bonchev–Trinajstić information content (AvgIpc) is 2.95. The molecule has 2 aromatic rings. The first-order valence-corrected chi connectivity index (χ1v) is 8.67. The summed E-state index contributed by atoms with van der Waals surface area (Å²) in [6.45, 7) is 0.382. The van der Waals surface area contributed by atoms with Crippen molar-refractivity contribution in [1.29, 1.82) is 0 Å². The SMILES string of the molecule is CNCc1cc(S(=O)(=O)NCc2cncs2)cc(F)c1Cl. The maximum atomic E-state index is 13.7. The van der Waals surface area contributed by atoms with Crippen LogP contribution in [0.25, 0.3) is 0 Å². The highest BCUT2D eigenvalue weighted by atomic mass is 35.5. The topological polar surface area (TPSA) is 71.1 Å². The van der Waals surface area contributed by atoms with Crippen LogP contribution >= 0.6 is 22.9 Å². The highest BCUT2D eigenvalue weighted by molar-refractivity contribution is 7.89. The minimum atomic E-state index is -3.81. The lowest BCUT2D eigenvalue weighted by Gasteiger charge is -2.10. The fourth-order valence-electron chi connectivity index (χ4n) is 1.67. The van der Waals surface area contributed by atoms with E-state index >= 15 is 0 Å². The van der Waals surface area contributed by atoms with E-state index in [4.69, 9.17) is 11.6 Å². The molecule has 21 heavy (non-hydrogen) atoms. The van der Waals surface area contributed by atoms with Crippen LogP contribution in [-0.2, 0) is 23.1 Å². The molecule has 2 N–H and O–H groups in total. The minimum absolute atomic E-state index is 0.0780. The molecular weight excluding hydrogens is 337 g/mol. The number of rotatable bonds is 6. The Morgan fingerprint density at radius 3 is 2.76 bits per heavy atom. The maximum absolute atomic E-state index is 13.7. The Balaban J connectivity index is 2.27. The number of sulfonamides is 1. The summed E-state index contributed by atoms with van der Waals surface area (Å²) in [4.78, 5) is 4.47. The van der Waals surface area contributed by atoms with E-state index < -0.39 is 15.8 Å². The van der Waals surface area contributed by atoms with E-state index in [1.54, 1.807) is 18.8 Å². The molecule has 0 aliphatic carbocycles. The Hall–Kier alpha value is -1.06. The maximum Gasteiger partial charge on any atom is 0.241 e. The number of nitrogens with zero attached hydrogens (tertiary/aromatic N) is 1. The molecule has 9 heteroatoms. The van der Waals surface area contributed by atoms with Gasteiger partial charge in [-0.25, -0.2) is 17.5 Å². The molecule has 0 radical (unpaired) electrons. The zero-order valence-electron chi connectivity index (χ0n) is 11.1. The van der Waals surface area contributed by atoms with Gasteiger partial charge < -0.3 is 5.32 Å². The fraction of sp³-hybridized carbons (Fsp3) is 0.250. The van der Waals surface area contributed by atoms with Crippen molar-refractivity contribution in [2.24, 2.45) is 0 Å². The van der Waals surface area contributed by atoms with Gasteiger partial charge in [0.2, 0.25) is 10.0 Å². The number of aromatic nitrogens is 1. The van der Waals surface area contributed by atoms with Crippen LogP contribution in [0.4, 0.5) is 4.39 Å². The van der Waals surface area contributed by atoms with Crippen LogP contribution in [0.3, 0.4) is 0 Å². The van der Waals surface area contributed by atoms with Crippen LogP contribution in [-0.4, -0.2) is 20.4 Å². The van der Waals surface area contributed by atoms with Crippen LogP contribution in [0, 0.1) is 5.82 Å². The lowest BCUT2D eigenvalue weighted by Crippen LogP contribution is -2.23. The first kappa shape index (κ1) is 16.3. The van der Waals surface area contributed by atoms with Crippen molar-refractivity contribution in [3.63, 3.8) is 0 Å². The quantitative estimate of drug-likeness (QED) is 0.838. The summed E-state index contributed by atoms with van der Waals surface area (Å²) in [5.41, 5.74) is 1.99. The zero-order valence-corrected chi connectivity index (χ0v) is 13.4. The van der Waals surface area contributed by atoms with E-state index in [1.165, 1.54) is 17.4 Å². The van der Waals surface area contributed by atoms with Crippen molar-refractivity contribution in [1.82, 2.24) is 15.0 Å². The number of nitrogens with one attached hydrogen (secondary N) is 2. The second kappa shape index (κ2) is 6.80. The molecule has 0 aliphatic heterocycles. The molecule has 2 rings (SSSR count). The summed E-state index contributed by atoms with van der Waals surface area (Å²) in [5.74, 6) is -0.761. The third-order valence-corrected chi connectivity index (χ3v) is 5.26. The molecule has 0 saturated carbocycles. The molecule has 0 amide bonds. The molecular formula is C12H13ClFN3O2S2. The first-order valence-electron chi connectivity index (χ1n) is 5.93. The van der Waals surface area contributed by atoms with Gasteiger partial charge in [0.25, 0.3) is 0 Å². The third-order valence-electron chi connectivity index (χ3n) is 2.67. The number of thiazole rings is 1. The van der Waals surface area contributed by atoms with Gasteiger partial charge in [-0.1, -0.05) is 11.6 Å². The van der Waals surface area contributed by atoms with Crippen LogP contribution in [0.2, 0.25) is 5.02 Å². The first-order chi connectivity index (χ1) is 9.94. The number of benzene rings is 1. The van der Waals surface area contributed by atoms with E-state index in [2.05, 4.69) is 15.0 Å². The lowest BCUT2D eigenvalue weighted by molar-refractivity contribution is 0.577. The van der Waals surface area contributed by atoms with E-state index in [0.29, 0.717) is 5.56 Å². The molecule has 0 unspecified atom stereocenters. The molecule has 1 aromatic heterocycles. The van der Waals surface area contributed by atoms with Crippen LogP contribution < -0.4 is 10.0 Å². The molecule has 1 heterocycles. The van der Waals surface area contributed by atoms with Crippen molar-refractivity contribution in [2.45, 2.75) is 18.0 Å². The van der Waals surface area contributed by atoms with Crippen molar-refractivity contribution >= 4 is 33.0 Å². The average molecular weight is 350 g/mol. The number of halogens is 2. The van der Waals surface area contributed by atoms with Crippen molar-refractivity contribution in [3.05, 3.63) is 45.1 Å². The number of hydrogen-bond donors (Lipinski definition) is 2. The Labute approximate surface area is 131 Å². The van der Waals surface area contributed by atoms with Crippen molar-refractivity contribution in [3.8, 4) is 0 Å². The second-order valence-electron chi connectivity index (χ2n) is 4.20. The largest absolute Gasteiger partial charge is 0.316 e. The van der Waals surface area contributed by atoms with Crippen LogP contribution in [0.1, 0.15) is 10.4 Å². The van der Waals surface area contributed by atoms with Gasteiger partial charge >= 0.3 is 0 Å². The molecule has 0 bridgehead atoms. The molecule has 5 nitrogen and oxygen atoms in total. The molecule has 0 spiro atoms. The third kappa shape index (κ3) is 3.98. The molecule has 0 saturated heterocycles. The van der Waals surface area contributed by atoms with E-state index in [0.717, 1.165) is 10.9 Å². The van der Waals surface area contributed by atoms with Crippen molar-refractivity contribution in [2.75, 3.05) is 7.05 Å². The summed E-state index contributed by atoms with van der Waals surface area (Å²) in [7, 11) is -2.15. The summed E-state index contributed by atoms with van der Waals surface area (Å²) in [6, 6.07) is 2.27. The minimum Gasteiger partial charge on any atom is -0.316 e. The second-order valence-corrected chi connectivity index (χ2v) is 7.32. The van der Waals surface area contributed by atoms with E-state index in [1.807, 2.05) is 0 Å². The zero-order chi connectivity index (χ0) is 15.5.